The molecule has 1 aromatic heterocycles. The van der Waals surface area contributed by atoms with Gasteiger partial charge >= 0.3 is 5.97 Å². The number of benzene rings is 1. The number of hydrogen-bond acceptors (Lipinski definition) is 7. The molecule has 1 atom stereocenters. The van der Waals surface area contributed by atoms with Crippen molar-refractivity contribution in [3.05, 3.63) is 41.3 Å². The first kappa shape index (κ1) is 21.0. The molecule has 2 aromatic rings. The maximum atomic E-state index is 12.9. The molecule has 1 fully saturated rings. The summed E-state index contributed by atoms with van der Waals surface area (Å²) in [5.41, 5.74) is 1.27. The second-order valence-electron chi connectivity index (χ2n) is 6.90. The van der Waals surface area contributed by atoms with E-state index in [1.165, 1.54) is 35.7 Å². The number of amides is 1. The molecule has 0 saturated carbocycles. The van der Waals surface area contributed by atoms with Crippen molar-refractivity contribution in [3.63, 3.8) is 0 Å². The van der Waals surface area contributed by atoms with Crippen LogP contribution in [0.1, 0.15) is 34.7 Å². The molecule has 0 radical (unpaired) electrons. The Kier molecular flexibility index (Phi) is 6.04. The number of nitrogens with zero attached hydrogens (tertiary/aromatic N) is 2. The average Bonchev–Trinajstić information content (AvgIpc) is 3.06. The van der Waals surface area contributed by atoms with Crippen LogP contribution in [0.4, 0.5) is 5.69 Å². The Hall–Kier alpha value is -2.72. The van der Waals surface area contributed by atoms with Gasteiger partial charge < -0.3 is 14.6 Å². The van der Waals surface area contributed by atoms with Crippen molar-refractivity contribution >= 4 is 27.6 Å². The van der Waals surface area contributed by atoms with Crippen molar-refractivity contribution in [1.82, 2.24) is 9.46 Å². The third-order valence-electron chi connectivity index (χ3n) is 4.93. The molecule has 1 aliphatic heterocycles. The lowest BCUT2D eigenvalue weighted by atomic mass is 10.0. The monoisotopic (exact) mass is 421 g/mol. The normalized spacial score (nSPS) is 17.7. The highest BCUT2D eigenvalue weighted by atomic mass is 32.2. The van der Waals surface area contributed by atoms with Gasteiger partial charge in [0.2, 0.25) is 10.0 Å². The van der Waals surface area contributed by atoms with Crippen molar-refractivity contribution in [1.29, 1.82) is 0 Å². The standard InChI is InChI=1S/C19H23N3O6S/c1-12-17(13(2)28-21-12)18(23)20-15-6-8-16(9-7-15)29(25,26)22-10-4-5-14(11-22)19(24)27-3/h6-9,14H,4-5,10-11H2,1-3H3,(H,20,23)/t14-/m1/s1. The number of anilines is 1. The van der Waals surface area contributed by atoms with Crippen LogP contribution in [0, 0.1) is 19.8 Å². The Bertz CT molecular complexity index is 994. The van der Waals surface area contributed by atoms with Gasteiger partial charge in [-0.15, -0.1) is 0 Å². The lowest BCUT2D eigenvalue weighted by Crippen LogP contribution is -2.42. The first-order chi connectivity index (χ1) is 13.7. The fourth-order valence-corrected chi connectivity index (χ4v) is 4.90. The first-order valence-electron chi connectivity index (χ1n) is 9.16. The number of hydrogen-bond donors (Lipinski definition) is 1. The van der Waals surface area contributed by atoms with E-state index in [0.717, 1.165) is 0 Å². The third kappa shape index (κ3) is 4.33. The minimum absolute atomic E-state index is 0.0957. The highest BCUT2D eigenvalue weighted by Crippen LogP contribution is 2.25. The van der Waals surface area contributed by atoms with Crippen LogP contribution in [-0.2, 0) is 19.6 Å². The lowest BCUT2D eigenvalue weighted by Gasteiger charge is -2.30. The van der Waals surface area contributed by atoms with Crippen LogP contribution in [0.15, 0.2) is 33.7 Å². The zero-order valence-electron chi connectivity index (χ0n) is 16.5. The molecule has 2 heterocycles. The molecule has 0 bridgehead atoms. The molecular formula is C19H23N3O6S. The SMILES string of the molecule is COC(=O)[C@@H]1CCCN(S(=O)(=O)c2ccc(NC(=O)c3c(C)noc3C)cc2)C1. The number of methoxy groups -OCH3 is 1. The summed E-state index contributed by atoms with van der Waals surface area (Å²) in [7, 11) is -2.45. The number of carbonyl (C=O) groups is 2. The van der Waals surface area contributed by atoms with Crippen molar-refractivity contribution in [3.8, 4) is 0 Å². The van der Waals surface area contributed by atoms with Crippen molar-refractivity contribution < 1.29 is 27.3 Å². The van der Waals surface area contributed by atoms with Gasteiger partial charge in [-0.25, -0.2) is 8.42 Å². The van der Waals surface area contributed by atoms with Crippen LogP contribution in [-0.4, -0.2) is 50.0 Å². The fourth-order valence-electron chi connectivity index (χ4n) is 3.38. The molecule has 0 unspecified atom stereocenters. The highest BCUT2D eigenvalue weighted by Gasteiger charge is 2.33. The largest absolute Gasteiger partial charge is 0.469 e. The zero-order chi connectivity index (χ0) is 21.2. The summed E-state index contributed by atoms with van der Waals surface area (Å²) in [5.74, 6) is -0.835. The Morgan fingerprint density at radius 3 is 2.52 bits per heavy atom. The summed E-state index contributed by atoms with van der Waals surface area (Å²) in [6.07, 6.45) is 1.19. The van der Waals surface area contributed by atoms with Gasteiger partial charge in [-0.3, -0.25) is 9.59 Å². The minimum atomic E-state index is -3.75. The molecule has 9 nitrogen and oxygen atoms in total. The number of nitrogens with one attached hydrogen (secondary N) is 1. The fraction of sp³-hybridized carbons (Fsp3) is 0.421. The van der Waals surface area contributed by atoms with E-state index in [1.807, 2.05) is 0 Å². The number of ether oxygens (including phenoxy) is 1. The molecule has 1 aliphatic rings. The lowest BCUT2D eigenvalue weighted by molar-refractivity contribution is -0.146. The number of rotatable bonds is 5. The molecule has 3 rings (SSSR count). The van der Waals surface area contributed by atoms with Crippen LogP contribution >= 0.6 is 0 Å². The molecule has 1 amide bonds. The summed E-state index contributed by atoms with van der Waals surface area (Å²) in [6, 6.07) is 5.90. The number of piperidine rings is 1. The Labute approximate surface area is 169 Å². The third-order valence-corrected chi connectivity index (χ3v) is 6.81. The minimum Gasteiger partial charge on any atom is -0.469 e. The van der Waals surface area contributed by atoms with Crippen LogP contribution < -0.4 is 5.32 Å². The second-order valence-corrected chi connectivity index (χ2v) is 8.84. The highest BCUT2D eigenvalue weighted by molar-refractivity contribution is 7.89. The summed E-state index contributed by atoms with van der Waals surface area (Å²) >= 11 is 0. The molecule has 10 heteroatoms. The van der Waals surface area contributed by atoms with Crippen molar-refractivity contribution in [2.24, 2.45) is 5.92 Å². The molecule has 1 aromatic carbocycles. The maximum Gasteiger partial charge on any atom is 0.309 e. The number of carbonyl (C=O) groups excluding carboxylic acids is 2. The summed E-state index contributed by atoms with van der Waals surface area (Å²) in [5, 5.41) is 6.45. The van der Waals surface area contributed by atoms with Crippen molar-refractivity contribution in [2.75, 3.05) is 25.5 Å². The van der Waals surface area contributed by atoms with Gasteiger partial charge in [0.15, 0.2) is 0 Å². The molecule has 1 N–H and O–H groups in total. The van der Waals surface area contributed by atoms with E-state index < -0.39 is 21.9 Å². The number of esters is 1. The van der Waals surface area contributed by atoms with E-state index in [2.05, 4.69) is 10.5 Å². The molecule has 156 valence electrons. The van der Waals surface area contributed by atoms with Gasteiger partial charge in [-0.05, 0) is 51.0 Å². The quantitative estimate of drug-likeness (QED) is 0.735. The van der Waals surface area contributed by atoms with E-state index in [4.69, 9.17) is 9.26 Å². The predicted octanol–water partition coefficient (Wildman–Crippen LogP) is 2.12. The predicted molar refractivity (Wildman–Crippen MR) is 104 cm³/mol. The molecule has 0 spiro atoms. The maximum absolute atomic E-state index is 12.9. The van der Waals surface area contributed by atoms with E-state index in [9.17, 15) is 18.0 Å². The van der Waals surface area contributed by atoms with Crippen LogP contribution in [0.2, 0.25) is 0 Å². The molecule has 1 saturated heterocycles. The van der Waals surface area contributed by atoms with Crippen LogP contribution in [0.5, 0.6) is 0 Å². The topological polar surface area (TPSA) is 119 Å². The number of sulfonamides is 1. The van der Waals surface area contributed by atoms with E-state index >= 15 is 0 Å². The van der Waals surface area contributed by atoms with E-state index in [-0.39, 0.29) is 17.3 Å². The smallest absolute Gasteiger partial charge is 0.309 e. The van der Waals surface area contributed by atoms with E-state index in [0.29, 0.717) is 42.1 Å². The molecular weight excluding hydrogens is 398 g/mol. The van der Waals surface area contributed by atoms with Gasteiger partial charge in [-0.1, -0.05) is 5.16 Å². The molecule has 29 heavy (non-hydrogen) atoms. The van der Waals surface area contributed by atoms with Gasteiger partial charge in [0.1, 0.15) is 11.3 Å². The second kappa shape index (κ2) is 8.34. The Balaban J connectivity index is 1.73. The van der Waals surface area contributed by atoms with Gasteiger partial charge in [0.05, 0.1) is 23.6 Å². The van der Waals surface area contributed by atoms with Crippen LogP contribution in [0.25, 0.3) is 0 Å². The zero-order valence-corrected chi connectivity index (χ0v) is 17.3. The summed E-state index contributed by atoms with van der Waals surface area (Å²) in [6.45, 7) is 3.76. The Morgan fingerprint density at radius 1 is 1.24 bits per heavy atom. The first-order valence-corrected chi connectivity index (χ1v) is 10.6. The Morgan fingerprint density at radius 2 is 1.93 bits per heavy atom. The van der Waals surface area contributed by atoms with Crippen molar-refractivity contribution in [2.45, 2.75) is 31.6 Å². The van der Waals surface area contributed by atoms with Gasteiger partial charge in [0.25, 0.3) is 5.91 Å². The number of aryl methyl sites for hydroxylation is 2. The summed E-state index contributed by atoms with van der Waals surface area (Å²) in [4.78, 5) is 24.3. The average molecular weight is 421 g/mol. The van der Waals surface area contributed by atoms with E-state index in [1.54, 1.807) is 13.8 Å². The number of aromatic nitrogens is 1. The van der Waals surface area contributed by atoms with Crippen LogP contribution in [0.3, 0.4) is 0 Å². The molecule has 0 aliphatic carbocycles. The van der Waals surface area contributed by atoms with Gasteiger partial charge in [-0.2, -0.15) is 4.31 Å². The summed E-state index contributed by atoms with van der Waals surface area (Å²) < 4.78 is 36.9. The van der Waals surface area contributed by atoms with Gasteiger partial charge in [0, 0.05) is 18.8 Å².